The summed E-state index contributed by atoms with van der Waals surface area (Å²) in [5.41, 5.74) is -0.601. The van der Waals surface area contributed by atoms with Crippen LogP contribution < -0.4 is 0 Å². The Balaban J connectivity index is 2.92. The van der Waals surface area contributed by atoms with Crippen LogP contribution in [0.4, 0.5) is 4.39 Å². The van der Waals surface area contributed by atoms with Gasteiger partial charge in [-0.05, 0) is 27.2 Å². The molecular formula is C11H17FN2O2. The Bertz CT molecular complexity index is 380. The minimum Gasteiger partial charge on any atom is -0.462 e. The lowest BCUT2D eigenvalue weighted by molar-refractivity contribution is 0.0498. The van der Waals surface area contributed by atoms with E-state index in [1.165, 1.54) is 10.9 Å². The zero-order valence-electron chi connectivity index (χ0n) is 10.1. The molecule has 4 nitrogen and oxygen atoms in total. The minimum absolute atomic E-state index is 0.108. The van der Waals surface area contributed by atoms with Crippen LogP contribution in [-0.2, 0) is 10.3 Å². The first-order chi connectivity index (χ1) is 7.38. The summed E-state index contributed by atoms with van der Waals surface area (Å²) in [5, 5.41) is 3.86. The Kier molecular flexibility index (Phi) is 3.67. The quantitative estimate of drug-likeness (QED) is 0.746. The Morgan fingerprint density at radius 3 is 2.62 bits per heavy atom. The molecule has 1 heterocycles. The average molecular weight is 228 g/mol. The van der Waals surface area contributed by atoms with E-state index in [2.05, 4.69) is 5.10 Å². The van der Waals surface area contributed by atoms with E-state index in [1.54, 1.807) is 0 Å². The number of aromatic nitrogens is 2. The molecule has 1 aromatic heterocycles. The molecule has 5 heteroatoms. The van der Waals surface area contributed by atoms with Gasteiger partial charge >= 0.3 is 5.97 Å². The lowest BCUT2D eigenvalue weighted by atomic mass is 10.1. The summed E-state index contributed by atoms with van der Waals surface area (Å²) in [5.74, 6) is -1.30. The maximum Gasteiger partial charge on any atom is 0.344 e. The van der Waals surface area contributed by atoms with E-state index in [0.717, 1.165) is 0 Å². The summed E-state index contributed by atoms with van der Waals surface area (Å²) in [7, 11) is 0. The maximum atomic E-state index is 13.8. The fourth-order valence-corrected chi connectivity index (χ4v) is 1.21. The molecule has 0 amide bonds. The predicted molar refractivity (Wildman–Crippen MR) is 57.8 cm³/mol. The van der Waals surface area contributed by atoms with Crippen LogP contribution in [-0.4, -0.2) is 22.4 Å². The number of carbonyl (C=O) groups excluding carboxylic acids is 1. The Morgan fingerprint density at radius 2 is 2.19 bits per heavy atom. The van der Waals surface area contributed by atoms with E-state index in [0.29, 0.717) is 13.0 Å². The molecule has 0 N–H and O–H groups in total. The van der Waals surface area contributed by atoms with Crippen molar-refractivity contribution in [1.29, 1.82) is 0 Å². The van der Waals surface area contributed by atoms with E-state index in [4.69, 9.17) is 4.74 Å². The molecule has 0 aromatic carbocycles. The lowest BCUT2D eigenvalue weighted by Gasteiger charge is -2.19. The molecule has 0 unspecified atom stereocenters. The van der Waals surface area contributed by atoms with E-state index in [-0.39, 0.29) is 5.56 Å². The van der Waals surface area contributed by atoms with Crippen molar-refractivity contribution in [3.8, 4) is 0 Å². The second-order valence-electron chi connectivity index (χ2n) is 4.57. The maximum absolute atomic E-state index is 13.8. The summed E-state index contributed by atoms with van der Waals surface area (Å²) >= 11 is 0. The molecule has 0 aliphatic rings. The van der Waals surface area contributed by atoms with Crippen molar-refractivity contribution in [1.82, 2.24) is 9.78 Å². The Hall–Kier alpha value is -1.39. The number of esters is 1. The number of nitrogens with zero attached hydrogens (tertiary/aromatic N) is 2. The summed E-state index contributed by atoms with van der Waals surface area (Å²) < 4.78 is 19.8. The van der Waals surface area contributed by atoms with Gasteiger partial charge in [0.1, 0.15) is 5.56 Å². The van der Waals surface area contributed by atoms with Gasteiger partial charge in [-0.15, -0.1) is 0 Å². The van der Waals surface area contributed by atoms with Crippen molar-refractivity contribution >= 4 is 5.97 Å². The molecule has 1 rings (SSSR count). The van der Waals surface area contributed by atoms with Gasteiger partial charge in [0.15, 0.2) is 0 Å². The second kappa shape index (κ2) is 4.63. The number of ether oxygens (including phenoxy) is 1. The largest absolute Gasteiger partial charge is 0.462 e. The first-order valence-corrected chi connectivity index (χ1v) is 5.29. The third-order valence-electron chi connectivity index (χ3n) is 2.00. The molecule has 0 bridgehead atoms. The molecule has 0 radical (unpaired) electrons. The molecule has 1 aromatic rings. The highest BCUT2D eigenvalue weighted by Crippen LogP contribution is 2.18. The summed E-state index contributed by atoms with van der Waals surface area (Å²) in [6, 6.07) is 0. The van der Waals surface area contributed by atoms with E-state index in [1.807, 2.05) is 27.7 Å². The molecule has 0 aliphatic heterocycles. The van der Waals surface area contributed by atoms with Crippen LogP contribution in [0.5, 0.6) is 0 Å². The molecule has 0 fully saturated rings. The molecular weight excluding hydrogens is 211 g/mol. The van der Waals surface area contributed by atoms with Gasteiger partial charge in [-0.1, -0.05) is 6.92 Å². The number of hydrogen-bond acceptors (Lipinski definition) is 3. The second-order valence-corrected chi connectivity index (χ2v) is 4.57. The monoisotopic (exact) mass is 228 g/mol. The summed E-state index contributed by atoms with van der Waals surface area (Å²) in [4.78, 5) is 11.4. The van der Waals surface area contributed by atoms with Crippen LogP contribution >= 0.6 is 0 Å². The van der Waals surface area contributed by atoms with Crippen LogP contribution in [0.15, 0.2) is 6.20 Å². The van der Waals surface area contributed by atoms with Gasteiger partial charge in [0.2, 0.25) is 5.95 Å². The SMILES string of the molecule is CCCOC(=O)c1cnn(C(C)(C)C)c1F. The number of hydrogen-bond donors (Lipinski definition) is 0. The molecule has 0 spiro atoms. The van der Waals surface area contributed by atoms with Gasteiger partial charge in [-0.25, -0.2) is 9.48 Å². The number of carbonyl (C=O) groups is 1. The smallest absolute Gasteiger partial charge is 0.344 e. The predicted octanol–water partition coefficient (Wildman–Crippen LogP) is 2.34. The van der Waals surface area contributed by atoms with E-state index < -0.39 is 17.5 Å². The van der Waals surface area contributed by atoms with Gasteiger partial charge in [0, 0.05) is 0 Å². The van der Waals surface area contributed by atoms with Gasteiger partial charge in [0.05, 0.1) is 18.3 Å². The molecule has 0 atom stereocenters. The zero-order valence-corrected chi connectivity index (χ0v) is 10.1. The van der Waals surface area contributed by atoms with Crippen molar-refractivity contribution in [2.45, 2.75) is 39.7 Å². The molecule has 0 aliphatic carbocycles. The number of rotatable bonds is 3. The van der Waals surface area contributed by atoms with Gasteiger partial charge in [0.25, 0.3) is 0 Å². The van der Waals surface area contributed by atoms with E-state index >= 15 is 0 Å². The fraction of sp³-hybridized carbons (Fsp3) is 0.636. The first-order valence-electron chi connectivity index (χ1n) is 5.29. The summed E-state index contributed by atoms with van der Waals surface area (Å²) in [6.07, 6.45) is 1.92. The molecule has 90 valence electrons. The van der Waals surface area contributed by atoms with Crippen molar-refractivity contribution in [3.05, 3.63) is 17.7 Å². The highest BCUT2D eigenvalue weighted by Gasteiger charge is 2.24. The van der Waals surface area contributed by atoms with Crippen LogP contribution in [0.3, 0.4) is 0 Å². The van der Waals surface area contributed by atoms with E-state index in [9.17, 15) is 9.18 Å². The molecule has 16 heavy (non-hydrogen) atoms. The van der Waals surface area contributed by atoms with Crippen LogP contribution in [0.25, 0.3) is 0 Å². The lowest BCUT2D eigenvalue weighted by Crippen LogP contribution is -2.25. The molecule has 0 saturated heterocycles. The van der Waals surface area contributed by atoms with Crippen molar-refractivity contribution in [2.75, 3.05) is 6.61 Å². The van der Waals surface area contributed by atoms with Gasteiger partial charge in [-0.2, -0.15) is 9.49 Å². The Morgan fingerprint density at radius 1 is 1.56 bits per heavy atom. The standard InChI is InChI=1S/C11H17FN2O2/c1-5-6-16-10(15)8-7-13-14(9(8)12)11(2,3)4/h7H,5-6H2,1-4H3. The number of halogens is 1. The third kappa shape index (κ3) is 2.59. The highest BCUT2D eigenvalue weighted by atomic mass is 19.1. The summed E-state index contributed by atoms with van der Waals surface area (Å²) in [6.45, 7) is 7.60. The van der Waals surface area contributed by atoms with Crippen LogP contribution in [0, 0.1) is 5.95 Å². The first kappa shape index (κ1) is 12.7. The van der Waals surface area contributed by atoms with Crippen molar-refractivity contribution < 1.29 is 13.9 Å². The van der Waals surface area contributed by atoms with Crippen LogP contribution in [0.2, 0.25) is 0 Å². The Labute approximate surface area is 94.4 Å². The van der Waals surface area contributed by atoms with Gasteiger partial charge < -0.3 is 4.74 Å². The van der Waals surface area contributed by atoms with Crippen molar-refractivity contribution in [3.63, 3.8) is 0 Å². The topological polar surface area (TPSA) is 44.1 Å². The van der Waals surface area contributed by atoms with Crippen LogP contribution in [0.1, 0.15) is 44.5 Å². The third-order valence-corrected chi connectivity index (χ3v) is 2.00. The molecule has 0 saturated carbocycles. The van der Waals surface area contributed by atoms with Gasteiger partial charge in [-0.3, -0.25) is 0 Å². The highest BCUT2D eigenvalue weighted by molar-refractivity contribution is 5.89. The average Bonchev–Trinajstić information content (AvgIpc) is 2.56. The minimum atomic E-state index is -0.658. The normalized spacial score (nSPS) is 11.6. The van der Waals surface area contributed by atoms with Crippen molar-refractivity contribution in [2.24, 2.45) is 0 Å². The zero-order chi connectivity index (χ0) is 12.3. The fourth-order valence-electron chi connectivity index (χ4n) is 1.21.